The Morgan fingerprint density at radius 1 is 1.12 bits per heavy atom. The van der Waals surface area contributed by atoms with Crippen molar-refractivity contribution in [2.75, 3.05) is 13.3 Å². The number of allylic oxidation sites excluding steroid dienone is 4. The quantitative estimate of drug-likeness (QED) is 0.398. The molecule has 0 bridgehead atoms. The second kappa shape index (κ2) is 11.6. The first-order valence-electron chi connectivity index (χ1n) is 7.77. The maximum absolute atomic E-state index is 2.37. The number of hydrogen-bond donors (Lipinski definition) is 0. The van der Waals surface area contributed by atoms with Gasteiger partial charge in [-0.05, 0) is 25.7 Å². The summed E-state index contributed by atoms with van der Waals surface area (Å²) in [4.78, 5) is 0. The van der Waals surface area contributed by atoms with Crippen molar-refractivity contribution in [2.45, 2.75) is 19.3 Å². The first kappa shape index (κ1) is 24.1. The van der Waals surface area contributed by atoms with Gasteiger partial charge in [0, 0.05) is 0 Å². The van der Waals surface area contributed by atoms with Gasteiger partial charge in [0.15, 0.2) is 0 Å². The molecule has 1 saturated carbocycles. The molecule has 4 heteroatoms. The van der Waals surface area contributed by atoms with Crippen LogP contribution in [-0.4, -0.2) is 13.3 Å². The molecule has 0 heterocycles. The van der Waals surface area contributed by atoms with Gasteiger partial charge in [-0.3, -0.25) is 0 Å². The van der Waals surface area contributed by atoms with Crippen LogP contribution in [-0.2, 0) is 26.2 Å². The summed E-state index contributed by atoms with van der Waals surface area (Å²) in [5.41, 5.74) is 1.58. The monoisotopic (exact) mass is 454 g/mol. The molecule has 4 rings (SSSR count). The van der Waals surface area contributed by atoms with E-state index in [1.807, 2.05) is 0 Å². The number of halogens is 2. The zero-order valence-corrected chi connectivity index (χ0v) is 19.0. The molecule has 0 aliphatic heterocycles. The van der Waals surface area contributed by atoms with E-state index in [9.17, 15) is 0 Å². The van der Waals surface area contributed by atoms with Crippen LogP contribution in [0.1, 0.15) is 19.3 Å². The summed E-state index contributed by atoms with van der Waals surface area (Å²) < 4.78 is 0. The fraction of sp³-hybridized carbons (Fsp3) is 0.300. The predicted octanol–water partition coefficient (Wildman–Crippen LogP) is -0.582. The molecule has 0 amide bonds. The van der Waals surface area contributed by atoms with Gasteiger partial charge in [0.1, 0.15) is 0 Å². The number of benzene rings is 1. The Balaban J connectivity index is 0.000000402. The van der Waals surface area contributed by atoms with Crippen molar-refractivity contribution in [3.05, 3.63) is 66.6 Å². The third-order valence-electron chi connectivity index (χ3n) is 4.33. The molecule has 1 unspecified atom stereocenters. The summed E-state index contributed by atoms with van der Waals surface area (Å²) >= 11 is 0. The molecule has 0 saturated heterocycles. The van der Waals surface area contributed by atoms with Gasteiger partial charge in [-0.15, -0.1) is 66.8 Å². The van der Waals surface area contributed by atoms with E-state index in [0.29, 0.717) is 0 Å². The van der Waals surface area contributed by atoms with Crippen LogP contribution in [0.5, 0.6) is 0 Å². The van der Waals surface area contributed by atoms with Gasteiger partial charge >= 0.3 is 26.2 Å². The first-order chi connectivity index (χ1) is 10.2. The van der Waals surface area contributed by atoms with E-state index in [2.05, 4.69) is 74.4 Å². The van der Waals surface area contributed by atoms with Crippen LogP contribution in [0.15, 0.2) is 60.2 Å². The molecule has 1 atom stereocenters. The number of fused-ring (bicyclic) bond motifs is 2. The van der Waals surface area contributed by atoms with Gasteiger partial charge < -0.3 is 24.8 Å². The Morgan fingerprint density at radius 2 is 1.88 bits per heavy atom. The van der Waals surface area contributed by atoms with Gasteiger partial charge in [-0.25, -0.2) is 18.1 Å². The molecule has 24 heavy (non-hydrogen) atoms. The summed E-state index contributed by atoms with van der Waals surface area (Å²) in [5, 5.41) is 4.26. The van der Waals surface area contributed by atoms with Gasteiger partial charge in [-0.1, -0.05) is 12.5 Å². The van der Waals surface area contributed by atoms with Crippen molar-refractivity contribution < 1.29 is 51.0 Å². The minimum atomic E-state index is 0. The minimum absolute atomic E-state index is 0. The molecular weight excluding hydrogens is 433 g/mol. The van der Waals surface area contributed by atoms with E-state index in [1.165, 1.54) is 35.3 Å². The molecule has 0 aromatic heterocycles. The Bertz CT molecular complexity index is 640. The molecule has 2 aliphatic rings. The summed E-state index contributed by atoms with van der Waals surface area (Å²) in [7, 11) is 0.0576. The first-order valence-corrected chi connectivity index (χ1v) is 10.0. The van der Waals surface area contributed by atoms with Crippen molar-refractivity contribution in [1.82, 2.24) is 0 Å². The van der Waals surface area contributed by atoms with E-state index in [0.717, 1.165) is 5.92 Å². The number of rotatable bonds is 1. The van der Waals surface area contributed by atoms with E-state index in [4.69, 9.17) is 0 Å². The zero-order valence-electron chi connectivity index (χ0n) is 14.2. The van der Waals surface area contributed by atoms with Crippen LogP contribution < -0.4 is 30.1 Å². The average Bonchev–Trinajstić information content (AvgIpc) is 3.14. The van der Waals surface area contributed by atoms with E-state index < -0.39 is 0 Å². The standard InChI is InChI=1S/C11H12P.C9H11.2ClH.Zr/c1-12(2)11-7-9-5-3-4-6-10(9)8-11;1-2-5-9-7-3-6-8(9)4-1;;;/h3-8H,1-2H3;1-2,4,6,9H,3,5,7H2;2*1H;/q2*-1;;;+4/p-2. The van der Waals surface area contributed by atoms with Gasteiger partial charge in [0.25, 0.3) is 0 Å². The molecule has 0 spiro atoms. The molecule has 2 aliphatic carbocycles. The smallest absolute Gasteiger partial charge is 1.00 e. The summed E-state index contributed by atoms with van der Waals surface area (Å²) in [6.45, 7) is 4.59. The molecule has 126 valence electrons. The van der Waals surface area contributed by atoms with Crippen LogP contribution in [0.3, 0.4) is 0 Å². The largest absolute Gasteiger partial charge is 4.00 e. The zero-order chi connectivity index (χ0) is 14.7. The van der Waals surface area contributed by atoms with E-state index >= 15 is 0 Å². The Morgan fingerprint density at radius 3 is 2.54 bits per heavy atom. The maximum atomic E-state index is 2.37. The second-order valence-corrected chi connectivity index (χ2v) is 8.35. The van der Waals surface area contributed by atoms with E-state index in [-0.39, 0.29) is 58.9 Å². The second-order valence-electron chi connectivity index (χ2n) is 6.05. The average molecular weight is 457 g/mol. The van der Waals surface area contributed by atoms with Gasteiger partial charge in [-0.2, -0.15) is 6.07 Å². The topological polar surface area (TPSA) is 0 Å². The molecule has 0 nitrogen and oxygen atoms in total. The van der Waals surface area contributed by atoms with Crippen molar-refractivity contribution in [3.8, 4) is 0 Å². The molecule has 2 aromatic carbocycles. The Labute approximate surface area is 179 Å². The fourth-order valence-corrected chi connectivity index (χ4v) is 3.85. The number of hydrogen-bond acceptors (Lipinski definition) is 0. The van der Waals surface area contributed by atoms with Crippen LogP contribution in [0, 0.1) is 12.3 Å². The Hall–Kier alpha value is 0.0731. The molecule has 0 N–H and O–H groups in total. The maximum Gasteiger partial charge on any atom is 4.00 e. The molecule has 1 fully saturated rings. The van der Waals surface area contributed by atoms with Crippen molar-refractivity contribution in [1.29, 1.82) is 0 Å². The SMILES string of the molecule is C1=CCC2CC[CH-]C2=C1.CP(C)c1cc2ccccc2[cH-]1.[Cl-].[Cl-].[Zr+4]. The summed E-state index contributed by atoms with van der Waals surface area (Å²) in [5.74, 6) is 0.884. The fourth-order valence-electron chi connectivity index (χ4n) is 3.06. The minimum Gasteiger partial charge on any atom is -1.00 e. The van der Waals surface area contributed by atoms with Gasteiger partial charge in [0.2, 0.25) is 0 Å². The molecule has 0 radical (unpaired) electrons. The van der Waals surface area contributed by atoms with Crippen LogP contribution in [0.2, 0.25) is 0 Å². The van der Waals surface area contributed by atoms with Crippen LogP contribution >= 0.6 is 7.92 Å². The van der Waals surface area contributed by atoms with Crippen LogP contribution in [0.4, 0.5) is 0 Å². The van der Waals surface area contributed by atoms with Crippen molar-refractivity contribution in [2.24, 2.45) is 5.92 Å². The third kappa shape index (κ3) is 6.10. The normalized spacial score (nSPS) is 17.3. The van der Waals surface area contributed by atoms with Gasteiger partial charge in [0.05, 0.1) is 0 Å². The van der Waals surface area contributed by atoms with Crippen LogP contribution in [0.25, 0.3) is 10.8 Å². The summed E-state index contributed by atoms with van der Waals surface area (Å²) in [6, 6.07) is 13.2. The summed E-state index contributed by atoms with van der Waals surface area (Å²) in [6.07, 6.45) is 13.0. The Kier molecular flexibility index (Phi) is 11.7. The van der Waals surface area contributed by atoms with E-state index in [1.54, 1.807) is 5.57 Å². The van der Waals surface area contributed by atoms with Crippen molar-refractivity contribution in [3.63, 3.8) is 0 Å². The molecule has 2 aromatic rings. The third-order valence-corrected chi connectivity index (χ3v) is 5.62. The predicted molar refractivity (Wildman–Crippen MR) is 96.8 cm³/mol. The van der Waals surface area contributed by atoms with Crippen molar-refractivity contribution >= 4 is 24.0 Å². The molecular formula is C20H23Cl2PZr.